The molecule has 0 unspecified atom stereocenters. The summed E-state index contributed by atoms with van der Waals surface area (Å²) in [5.41, 5.74) is 3.60. The maximum Gasteiger partial charge on any atom is 0.354 e. The lowest BCUT2D eigenvalue weighted by molar-refractivity contribution is 0.0688. The lowest BCUT2D eigenvalue weighted by Gasteiger charge is -2.09. The molecule has 0 amide bonds. The Bertz CT molecular complexity index is 893. The zero-order valence-corrected chi connectivity index (χ0v) is 13.6. The van der Waals surface area contributed by atoms with Crippen molar-refractivity contribution in [3.05, 3.63) is 40.0 Å². The van der Waals surface area contributed by atoms with Crippen molar-refractivity contribution in [2.75, 3.05) is 7.11 Å². The molecule has 3 aromatic rings. The van der Waals surface area contributed by atoms with Crippen LogP contribution in [-0.4, -0.2) is 27.6 Å². The Morgan fingerprint density at radius 1 is 1.32 bits per heavy atom. The van der Waals surface area contributed by atoms with Gasteiger partial charge >= 0.3 is 5.97 Å². The molecule has 1 aromatic carbocycles. The lowest BCUT2D eigenvalue weighted by Crippen LogP contribution is -2.04. The number of hydrogen-bond acceptors (Lipinski definition) is 4. The molecule has 2 heterocycles. The van der Waals surface area contributed by atoms with E-state index in [1.165, 1.54) is 11.3 Å². The van der Waals surface area contributed by atoms with Gasteiger partial charge in [0.05, 0.1) is 18.5 Å². The van der Waals surface area contributed by atoms with E-state index >= 15 is 0 Å². The van der Waals surface area contributed by atoms with Crippen molar-refractivity contribution in [1.82, 2.24) is 9.38 Å². The van der Waals surface area contributed by atoms with E-state index in [0.29, 0.717) is 10.7 Å². The summed E-state index contributed by atoms with van der Waals surface area (Å²) in [5.74, 6) is -0.151. The van der Waals surface area contributed by atoms with Crippen molar-refractivity contribution in [1.29, 1.82) is 0 Å². The molecule has 6 heteroatoms. The fourth-order valence-electron chi connectivity index (χ4n) is 2.73. The number of nitrogens with zero attached hydrogens (tertiary/aromatic N) is 2. The summed E-state index contributed by atoms with van der Waals surface area (Å²) in [4.78, 5) is 17.7. The lowest BCUT2D eigenvalue weighted by atomic mass is 10.1. The summed E-state index contributed by atoms with van der Waals surface area (Å²) in [6.07, 6.45) is 0. The number of rotatable bonds is 3. The first-order valence-electron chi connectivity index (χ1n) is 6.80. The van der Waals surface area contributed by atoms with Crippen LogP contribution in [0.25, 0.3) is 16.2 Å². The molecular weight excluding hydrogens is 300 g/mol. The Kier molecular flexibility index (Phi) is 3.41. The molecule has 22 heavy (non-hydrogen) atoms. The summed E-state index contributed by atoms with van der Waals surface area (Å²) in [5, 5.41) is 9.49. The van der Waals surface area contributed by atoms with E-state index in [0.717, 1.165) is 27.4 Å². The summed E-state index contributed by atoms with van der Waals surface area (Å²) in [6.45, 7) is 5.68. The number of aryl methyl sites for hydroxylation is 3. The van der Waals surface area contributed by atoms with Crippen LogP contribution in [0.1, 0.15) is 26.6 Å². The Morgan fingerprint density at radius 2 is 2.05 bits per heavy atom. The van der Waals surface area contributed by atoms with Gasteiger partial charge in [-0.05, 0) is 44.5 Å². The number of carboxylic acids is 1. The highest BCUT2D eigenvalue weighted by molar-refractivity contribution is 7.17. The predicted molar refractivity (Wildman–Crippen MR) is 86.2 cm³/mol. The van der Waals surface area contributed by atoms with Crippen molar-refractivity contribution in [2.24, 2.45) is 0 Å². The first-order valence-corrected chi connectivity index (χ1v) is 7.62. The largest absolute Gasteiger partial charge is 0.496 e. The van der Waals surface area contributed by atoms with Gasteiger partial charge in [0.1, 0.15) is 5.75 Å². The van der Waals surface area contributed by atoms with Crippen molar-refractivity contribution in [3.8, 4) is 17.0 Å². The van der Waals surface area contributed by atoms with Gasteiger partial charge in [0.25, 0.3) is 0 Å². The quantitative estimate of drug-likeness (QED) is 0.800. The van der Waals surface area contributed by atoms with Crippen molar-refractivity contribution < 1.29 is 14.6 Å². The van der Waals surface area contributed by atoms with Crippen LogP contribution in [0.5, 0.6) is 5.75 Å². The number of carboxylic acid groups (broad SMARTS) is 1. The fraction of sp³-hybridized carbons (Fsp3) is 0.250. The number of benzene rings is 1. The molecule has 0 radical (unpaired) electrons. The minimum Gasteiger partial charge on any atom is -0.496 e. The number of fused-ring (bicyclic) bond motifs is 1. The van der Waals surface area contributed by atoms with E-state index in [-0.39, 0.29) is 5.69 Å². The highest BCUT2D eigenvalue weighted by atomic mass is 32.1. The first-order chi connectivity index (χ1) is 10.4. The number of imidazole rings is 1. The van der Waals surface area contributed by atoms with Crippen LogP contribution >= 0.6 is 11.3 Å². The minimum absolute atomic E-state index is 0.225. The molecule has 0 fully saturated rings. The molecule has 1 N–H and O–H groups in total. The molecule has 0 bridgehead atoms. The average Bonchev–Trinajstić information content (AvgIpc) is 2.91. The highest BCUT2D eigenvalue weighted by Crippen LogP contribution is 2.35. The number of hydrogen-bond donors (Lipinski definition) is 1. The summed E-state index contributed by atoms with van der Waals surface area (Å²) in [6, 6.07) is 5.85. The van der Waals surface area contributed by atoms with Crippen LogP contribution in [0.3, 0.4) is 0 Å². The van der Waals surface area contributed by atoms with E-state index in [4.69, 9.17) is 4.74 Å². The maximum absolute atomic E-state index is 11.6. The Morgan fingerprint density at radius 3 is 2.64 bits per heavy atom. The molecule has 0 spiro atoms. The predicted octanol–water partition coefficient (Wildman–Crippen LogP) is 3.69. The zero-order chi connectivity index (χ0) is 16.0. The van der Waals surface area contributed by atoms with Crippen LogP contribution in [0.2, 0.25) is 0 Å². The van der Waals surface area contributed by atoms with Crippen molar-refractivity contribution in [2.45, 2.75) is 20.8 Å². The average molecular weight is 316 g/mol. The standard InChI is InChI=1S/C16H16N2O3S/c1-8-7-11(5-6-12(8)21-4)14-10(3)22-16-17-9(2)13(15(19)20)18(14)16/h5-7H,1-4H3,(H,19,20). The van der Waals surface area contributed by atoms with Crippen LogP contribution in [-0.2, 0) is 0 Å². The zero-order valence-electron chi connectivity index (χ0n) is 12.8. The first kappa shape index (κ1) is 14.6. The smallest absolute Gasteiger partial charge is 0.354 e. The summed E-state index contributed by atoms with van der Waals surface area (Å²) >= 11 is 1.50. The number of aromatic nitrogens is 2. The van der Waals surface area contributed by atoms with E-state index in [2.05, 4.69) is 4.98 Å². The summed E-state index contributed by atoms with van der Waals surface area (Å²) in [7, 11) is 1.64. The van der Waals surface area contributed by atoms with Gasteiger partial charge in [0, 0.05) is 10.4 Å². The molecule has 2 aromatic heterocycles. The molecule has 0 aliphatic heterocycles. The molecule has 5 nitrogen and oxygen atoms in total. The SMILES string of the molecule is COc1ccc(-c2c(C)sc3nc(C)c(C(=O)O)n23)cc1C. The second kappa shape index (κ2) is 5.14. The van der Waals surface area contributed by atoms with Gasteiger partial charge in [-0.25, -0.2) is 9.78 Å². The van der Waals surface area contributed by atoms with E-state index in [1.54, 1.807) is 18.4 Å². The second-order valence-corrected chi connectivity index (χ2v) is 6.34. The molecular formula is C16H16N2O3S. The Hall–Kier alpha value is -2.34. The fourth-order valence-corrected chi connectivity index (χ4v) is 3.77. The molecule has 3 rings (SSSR count). The van der Waals surface area contributed by atoms with Gasteiger partial charge in [-0.15, -0.1) is 11.3 Å². The third kappa shape index (κ3) is 2.07. The van der Waals surface area contributed by atoms with Crippen LogP contribution in [0, 0.1) is 20.8 Å². The normalized spacial score (nSPS) is 11.1. The van der Waals surface area contributed by atoms with Gasteiger partial charge in [-0.1, -0.05) is 0 Å². The Balaban J connectivity index is 2.32. The second-order valence-electron chi connectivity index (χ2n) is 5.16. The van der Waals surface area contributed by atoms with Gasteiger partial charge in [0.2, 0.25) is 0 Å². The molecule has 0 atom stereocenters. The maximum atomic E-state index is 11.6. The molecule has 0 saturated heterocycles. The van der Waals surface area contributed by atoms with E-state index in [1.807, 2.05) is 32.0 Å². The minimum atomic E-state index is -0.964. The van der Waals surface area contributed by atoms with Gasteiger partial charge in [-0.3, -0.25) is 4.40 Å². The summed E-state index contributed by atoms with van der Waals surface area (Å²) < 4.78 is 7.03. The van der Waals surface area contributed by atoms with Crippen LogP contribution in [0.4, 0.5) is 0 Å². The van der Waals surface area contributed by atoms with E-state index < -0.39 is 5.97 Å². The third-order valence-corrected chi connectivity index (χ3v) is 4.65. The third-order valence-electron chi connectivity index (χ3n) is 3.69. The number of carbonyl (C=O) groups is 1. The van der Waals surface area contributed by atoms with Gasteiger partial charge in [0.15, 0.2) is 10.7 Å². The van der Waals surface area contributed by atoms with Gasteiger partial charge < -0.3 is 9.84 Å². The van der Waals surface area contributed by atoms with E-state index in [9.17, 15) is 9.90 Å². The molecule has 0 aliphatic rings. The van der Waals surface area contributed by atoms with Crippen molar-refractivity contribution >= 4 is 22.3 Å². The number of thiazole rings is 1. The van der Waals surface area contributed by atoms with Crippen LogP contribution < -0.4 is 4.74 Å². The number of methoxy groups -OCH3 is 1. The number of aromatic carboxylic acids is 1. The van der Waals surface area contributed by atoms with Gasteiger partial charge in [-0.2, -0.15) is 0 Å². The molecule has 0 aliphatic carbocycles. The van der Waals surface area contributed by atoms with Crippen LogP contribution in [0.15, 0.2) is 18.2 Å². The topological polar surface area (TPSA) is 63.8 Å². The molecule has 114 valence electrons. The Labute approximate surface area is 131 Å². The molecule has 0 saturated carbocycles. The number of ether oxygens (including phenoxy) is 1. The highest BCUT2D eigenvalue weighted by Gasteiger charge is 2.22. The monoisotopic (exact) mass is 316 g/mol. The van der Waals surface area contributed by atoms with Crippen molar-refractivity contribution in [3.63, 3.8) is 0 Å².